The number of ether oxygens (including phenoxy) is 1. The van der Waals surface area contributed by atoms with Crippen molar-refractivity contribution in [3.8, 4) is 17.1 Å². The molecule has 0 spiro atoms. The summed E-state index contributed by atoms with van der Waals surface area (Å²) in [5.74, 6) is -0.443. The number of carboxylic acid groups (broad SMARTS) is 2. The molecule has 1 aromatic carbocycles. The van der Waals surface area contributed by atoms with Gasteiger partial charge < -0.3 is 19.5 Å². The highest BCUT2D eigenvalue weighted by molar-refractivity contribution is 5.96. The molecule has 0 saturated carbocycles. The number of hydrogen-bond donors (Lipinski definition) is 2. The third-order valence-electron chi connectivity index (χ3n) is 5.93. The van der Waals surface area contributed by atoms with Crippen molar-refractivity contribution >= 4 is 22.8 Å². The molecule has 0 radical (unpaired) electrons. The molecule has 0 unspecified atom stereocenters. The lowest BCUT2D eigenvalue weighted by atomic mass is 10.1. The fraction of sp³-hybridized carbons (Fsp3) is 0.500. The molecule has 3 heterocycles. The van der Waals surface area contributed by atoms with Crippen LogP contribution >= 0.6 is 0 Å². The van der Waals surface area contributed by atoms with E-state index in [9.17, 15) is 19.5 Å². The summed E-state index contributed by atoms with van der Waals surface area (Å²) in [6, 6.07) is 7.09. The Kier molecular flexibility index (Phi) is 9.88. The molecule has 9 nitrogen and oxygen atoms in total. The Morgan fingerprint density at radius 1 is 1.03 bits per heavy atom. The second-order valence-corrected chi connectivity index (χ2v) is 10.0. The lowest BCUT2D eigenvalue weighted by Gasteiger charge is -2.21. The molecule has 0 saturated heterocycles. The first-order chi connectivity index (χ1) is 17.7. The molecule has 3 aromatic rings. The van der Waals surface area contributed by atoms with Gasteiger partial charge in [0.2, 0.25) is 0 Å². The average molecular weight is 512 g/mol. The molecule has 9 heteroatoms. The molecule has 0 bridgehead atoms. The lowest BCUT2D eigenvalue weighted by Crippen LogP contribution is -2.24. The van der Waals surface area contributed by atoms with E-state index in [1.165, 1.54) is 12.3 Å². The van der Waals surface area contributed by atoms with Crippen LogP contribution in [0.1, 0.15) is 76.1 Å². The highest BCUT2D eigenvalue weighted by Crippen LogP contribution is 2.35. The molecule has 0 aliphatic carbocycles. The number of aromatic carboxylic acids is 1. The maximum Gasteiger partial charge on any atom is 0.341 e. The van der Waals surface area contributed by atoms with Crippen molar-refractivity contribution in [2.24, 2.45) is 5.92 Å². The molecule has 2 N–H and O–H groups in total. The third-order valence-corrected chi connectivity index (χ3v) is 5.93. The van der Waals surface area contributed by atoms with Crippen molar-refractivity contribution in [3.63, 3.8) is 0 Å². The summed E-state index contributed by atoms with van der Waals surface area (Å²) in [7, 11) is 0. The van der Waals surface area contributed by atoms with Crippen molar-refractivity contribution in [3.05, 3.63) is 46.2 Å². The number of carbonyl (C=O) groups is 2. The van der Waals surface area contributed by atoms with Crippen LogP contribution in [0.5, 0.6) is 5.75 Å². The van der Waals surface area contributed by atoms with E-state index in [1.54, 1.807) is 4.57 Å². The zero-order valence-corrected chi connectivity index (χ0v) is 21.9. The fourth-order valence-corrected chi connectivity index (χ4v) is 4.27. The van der Waals surface area contributed by atoms with E-state index in [4.69, 9.17) is 14.9 Å². The number of carboxylic acids is 2. The molecular weight excluding hydrogens is 474 g/mol. The van der Waals surface area contributed by atoms with Crippen molar-refractivity contribution in [1.29, 1.82) is 0 Å². The highest BCUT2D eigenvalue weighted by atomic mass is 16.5. The van der Waals surface area contributed by atoms with Gasteiger partial charge in [-0.05, 0) is 24.8 Å². The van der Waals surface area contributed by atoms with E-state index >= 15 is 0 Å². The van der Waals surface area contributed by atoms with Gasteiger partial charge in [0.1, 0.15) is 16.8 Å². The number of nitrogens with zero attached hydrogens (tertiary/aromatic N) is 3. The number of rotatable bonds is 11. The molecule has 37 heavy (non-hydrogen) atoms. The Morgan fingerprint density at radius 2 is 1.70 bits per heavy atom. The first kappa shape index (κ1) is 28.0. The van der Waals surface area contributed by atoms with Crippen LogP contribution in [-0.4, -0.2) is 43.1 Å². The molecule has 1 aliphatic heterocycles. The highest BCUT2D eigenvalue weighted by Gasteiger charge is 2.24. The van der Waals surface area contributed by atoms with Crippen LogP contribution in [0, 0.1) is 5.92 Å². The van der Waals surface area contributed by atoms with Gasteiger partial charge in [-0.1, -0.05) is 58.6 Å². The Balaban J connectivity index is 0.000000886. The van der Waals surface area contributed by atoms with Gasteiger partial charge in [0.15, 0.2) is 5.43 Å². The molecule has 1 aliphatic rings. The normalized spacial score (nSPS) is 12.0. The first-order valence-electron chi connectivity index (χ1n) is 13.0. The van der Waals surface area contributed by atoms with Crippen LogP contribution in [0.3, 0.4) is 0 Å². The standard InChI is InChI=1S/C24H27N3O6.C4H10/c28-19-14-18-23-16-8-7-9-20(33-13-6-4-2-1-3-5-10-21(29)30)22(16)25-27(23)12-11-26(18)15-17(19)24(31)32;1-4(2)3/h7-9,14-15H,1-6,10-13H2,(H,29,30)(H,31,32);4H,1-3H3. The molecule has 4 rings (SSSR count). The van der Waals surface area contributed by atoms with Crippen LogP contribution in [0.15, 0.2) is 35.3 Å². The van der Waals surface area contributed by atoms with E-state index in [-0.39, 0.29) is 12.0 Å². The first-order valence-corrected chi connectivity index (χ1v) is 13.0. The van der Waals surface area contributed by atoms with E-state index < -0.39 is 17.4 Å². The number of aliphatic carboxylic acids is 1. The predicted molar refractivity (Wildman–Crippen MR) is 142 cm³/mol. The Morgan fingerprint density at radius 3 is 2.38 bits per heavy atom. The van der Waals surface area contributed by atoms with E-state index in [0.29, 0.717) is 31.1 Å². The summed E-state index contributed by atoms with van der Waals surface area (Å²) >= 11 is 0. The van der Waals surface area contributed by atoms with Gasteiger partial charge in [0.25, 0.3) is 0 Å². The van der Waals surface area contributed by atoms with E-state index in [1.807, 2.05) is 22.9 Å². The zero-order valence-electron chi connectivity index (χ0n) is 21.9. The van der Waals surface area contributed by atoms with Crippen LogP contribution in [0.4, 0.5) is 0 Å². The molecule has 2 aromatic heterocycles. The summed E-state index contributed by atoms with van der Waals surface area (Å²) < 4.78 is 9.67. The average Bonchev–Trinajstić information content (AvgIpc) is 3.22. The van der Waals surface area contributed by atoms with Gasteiger partial charge >= 0.3 is 11.9 Å². The maximum absolute atomic E-state index is 12.3. The largest absolute Gasteiger partial charge is 0.491 e. The predicted octanol–water partition coefficient (Wildman–Crippen LogP) is 5.43. The summed E-state index contributed by atoms with van der Waals surface area (Å²) in [6.07, 6.45) is 7.31. The number of aryl methyl sites for hydroxylation is 2. The van der Waals surface area contributed by atoms with Gasteiger partial charge in [-0.25, -0.2) is 4.79 Å². The fourth-order valence-electron chi connectivity index (χ4n) is 4.27. The van der Waals surface area contributed by atoms with Gasteiger partial charge in [-0.15, -0.1) is 0 Å². The third kappa shape index (κ3) is 7.44. The molecule has 0 atom stereocenters. The quantitative estimate of drug-likeness (QED) is 0.329. The number of pyridine rings is 1. The lowest BCUT2D eigenvalue weighted by molar-refractivity contribution is -0.137. The van der Waals surface area contributed by atoms with Crippen molar-refractivity contribution in [2.45, 2.75) is 78.8 Å². The van der Waals surface area contributed by atoms with Crippen LogP contribution in [0.25, 0.3) is 22.3 Å². The smallest absolute Gasteiger partial charge is 0.341 e. The second kappa shape index (κ2) is 13.1. The Bertz CT molecular complexity index is 1290. The van der Waals surface area contributed by atoms with E-state index in [2.05, 4.69) is 20.8 Å². The monoisotopic (exact) mass is 511 g/mol. The van der Waals surface area contributed by atoms with Gasteiger partial charge in [0.05, 0.1) is 24.5 Å². The SMILES string of the molecule is CC(C)C.O=C(O)CCCCCCCCOc1cccc2c3n(nc12)CCn1cc(C(=O)O)c(=O)cc1-3. The molecule has 0 fully saturated rings. The summed E-state index contributed by atoms with van der Waals surface area (Å²) in [4.78, 5) is 34.2. The van der Waals surface area contributed by atoms with Crippen LogP contribution < -0.4 is 10.2 Å². The number of unbranched alkanes of at least 4 members (excludes halogenated alkanes) is 5. The number of aromatic nitrogens is 3. The summed E-state index contributed by atoms with van der Waals surface area (Å²) in [6.45, 7) is 8.16. The summed E-state index contributed by atoms with van der Waals surface area (Å²) in [5, 5.41) is 23.5. The number of hydrogen-bond acceptors (Lipinski definition) is 5. The van der Waals surface area contributed by atoms with Crippen LogP contribution in [0.2, 0.25) is 0 Å². The molecule has 200 valence electrons. The second-order valence-electron chi connectivity index (χ2n) is 10.0. The molecule has 0 amide bonds. The van der Waals surface area contributed by atoms with Gasteiger partial charge in [-0.3, -0.25) is 14.3 Å². The Hall–Kier alpha value is -3.62. The van der Waals surface area contributed by atoms with Crippen molar-refractivity contribution < 1.29 is 24.5 Å². The van der Waals surface area contributed by atoms with Crippen molar-refractivity contribution in [2.75, 3.05) is 6.61 Å². The summed E-state index contributed by atoms with van der Waals surface area (Å²) in [5.41, 5.74) is 1.41. The van der Waals surface area contributed by atoms with E-state index in [0.717, 1.165) is 61.0 Å². The minimum atomic E-state index is -1.23. The maximum atomic E-state index is 12.3. The minimum Gasteiger partial charge on any atom is -0.491 e. The Labute approximate surface area is 216 Å². The zero-order chi connectivity index (χ0) is 26.9. The minimum absolute atomic E-state index is 0.234. The molecular formula is C28H37N3O6. The van der Waals surface area contributed by atoms with Crippen LogP contribution in [-0.2, 0) is 17.9 Å². The number of fused-ring (bicyclic) bond motifs is 5. The van der Waals surface area contributed by atoms with Crippen molar-refractivity contribution in [1.82, 2.24) is 14.3 Å². The van der Waals surface area contributed by atoms with Gasteiger partial charge in [0, 0.05) is 30.6 Å². The topological polar surface area (TPSA) is 124 Å². The number of benzene rings is 1. The van der Waals surface area contributed by atoms with Gasteiger partial charge in [-0.2, -0.15) is 5.10 Å².